The summed E-state index contributed by atoms with van der Waals surface area (Å²) in [6.45, 7) is 10.9. The molecule has 0 amide bonds. The topological polar surface area (TPSA) is 26.3 Å². The summed E-state index contributed by atoms with van der Waals surface area (Å²) >= 11 is 0. The van der Waals surface area contributed by atoms with Crippen molar-refractivity contribution >= 4 is 5.97 Å². The first-order valence-electron chi connectivity index (χ1n) is 8.26. The van der Waals surface area contributed by atoms with E-state index in [1.807, 2.05) is 19.1 Å². The van der Waals surface area contributed by atoms with Gasteiger partial charge in [0.05, 0.1) is 7.11 Å². The third-order valence-corrected chi connectivity index (χ3v) is 4.32. The first kappa shape index (κ1) is 19.2. The summed E-state index contributed by atoms with van der Waals surface area (Å²) in [6.07, 6.45) is 15.6. The Morgan fingerprint density at radius 3 is 2.48 bits per heavy atom. The van der Waals surface area contributed by atoms with Crippen LogP contribution >= 0.6 is 0 Å². The minimum atomic E-state index is -0.324. The van der Waals surface area contributed by atoms with Crippen LogP contribution < -0.4 is 0 Å². The maximum atomic E-state index is 11.1. The Balaban J connectivity index is 2.77. The van der Waals surface area contributed by atoms with Crippen LogP contribution in [0.1, 0.15) is 53.9 Å². The number of allylic oxidation sites excluding steroid dienone is 9. The molecule has 0 fully saturated rings. The van der Waals surface area contributed by atoms with E-state index in [4.69, 9.17) is 0 Å². The summed E-state index contributed by atoms with van der Waals surface area (Å²) in [7, 11) is 1.38. The van der Waals surface area contributed by atoms with Gasteiger partial charge in [0.2, 0.25) is 0 Å². The van der Waals surface area contributed by atoms with Crippen molar-refractivity contribution < 1.29 is 9.53 Å². The number of rotatable bonds is 5. The molecule has 2 heteroatoms. The van der Waals surface area contributed by atoms with Gasteiger partial charge in [0, 0.05) is 6.08 Å². The molecule has 0 atom stereocenters. The predicted octanol–water partition coefficient (Wildman–Crippen LogP) is 5.69. The molecule has 0 aliphatic heterocycles. The molecule has 0 N–H and O–H groups in total. The third kappa shape index (κ3) is 6.43. The maximum Gasteiger partial charge on any atom is 0.330 e. The maximum absolute atomic E-state index is 11.1. The van der Waals surface area contributed by atoms with E-state index in [0.717, 1.165) is 5.57 Å². The fraction of sp³-hybridized carbons (Fsp3) is 0.476. The minimum Gasteiger partial charge on any atom is -0.466 e. The van der Waals surface area contributed by atoms with Crippen LogP contribution in [0.2, 0.25) is 0 Å². The highest BCUT2D eigenvalue weighted by Crippen LogP contribution is 2.40. The van der Waals surface area contributed by atoms with Gasteiger partial charge in [-0.15, -0.1) is 0 Å². The van der Waals surface area contributed by atoms with E-state index in [9.17, 15) is 4.79 Å². The molecule has 0 aromatic carbocycles. The molecule has 0 bridgehead atoms. The van der Waals surface area contributed by atoms with Crippen LogP contribution in [0.3, 0.4) is 0 Å². The van der Waals surface area contributed by atoms with Gasteiger partial charge in [-0.3, -0.25) is 0 Å². The average molecular weight is 314 g/mol. The van der Waals surface area contributed by atoms with E-state index in [1.54, 1.807) is 0 Å². The predicted molar refractivity (Wildman–Crippen MR) is 98.1 cm³/mol. The molecule has 1 rings (SSSR count). The van der Waals surface area contributed by atoms with Gasteiger partial charge in [0.1, 0.15) is 0 Å². The van der Waals surface area contributed by atoms with E-state index in [0.29, 0.717) is 0 Å². The molecule has 0 saturated carbocycles. The van der Waals surface area contributed by atoms with Crippen molar-refractivity contribution in [3.05, 3.63) is 58.7 Å². The molecule has 0 spiro atoms. The quantitative estimate of drug-likeness (QED) is 0.370. The molecule has 0 saturated heterocycles. The summed E-state index contributed by atoms with van der Waals surface area (Å²) in [4.78, 5) is 11.1. The van der Waals surface area contributed by atoms with Crippen LogP contribution in [0.5, 0.6) is 0 Å². The van der Waals surface area contributed by atoms with E-state index in [-0.39, 0.29) is 11.4 Å². The highest BCUT2D eigenvalue weighted by molar-refractivity contribution is 5.83. The number of methoxy groups -OCH3 is 1. The Kier molecular flexibility index (Phi) is 7.28. The molecule has 0 aromatic heterocycles. The smallest absolute Gasteiger partial charge is 0.330 e. The summed E-state index contributed by atoms with van der Waals surface area (Å²) in [5.41, 5.74) is 5.32. The van der Waals surface area contributed by atoms with Crippen LogP contribution in [-0.2, 0) is 9.53 Å². The second-order valence-corrected chi connectivity index (χ2v) is 6.95. The van der Waals surface area contributed by atoms with Crippen LogP contribution in [0.15, 0.2) is 58.7 Å². The summed E-state index contributed by atoms with van der Waals surface area (Å²) in [6, 6.07) is 0. The van der Waals surface area contributed by atoms with Gasteiger partial charge < -0.3 is 4.74 Å². The molecular formula is C21H30O2. The average Bonchev–Trinajstić information content (AvgIpc) is 2.45. The van der Waals surface area contributed by atoms with Crippen LogP contribution in [0.4, 0.5) is 0 Å². The first-order chi connectivity index (χ1) is 10.8. The standard InChI is InChI=1S/C21H30O2/c1-16(9-7-10-17(2)15-20(22)23-6)12-13-19-18(3)11-8-14-21(19,4)5/h7,9-10,12-13,15H,8,11,14H2,1-6H3/b10-7?,13-12?,16-9-,17-15?. The Bertz CT molecular complexity index is 581. The highest BCUT2D eigenvalue weighted by atomic mass is 16.5. The molecule has 1 aliphatic rings. The highest BCUT2D eigenvalue weighted by Gasteiger charge is 2.26. The van der Waals surface area contributed by atoms with Crippen molar-refractivity contribution in [2.24, 2.45) is 5.41 Å². The minimum absolute atomic E-state index is 0.273. The number of hydrogen-bond acceptors (Lipinski definition) is 2. The lowest BCUT2D eigenvalue weighted by molar-refractivity contribution is -0.134. The second kappa shape index (κ2) is 8.71. The van der Waals surface area contributed by atoms with Crippen molar-refractivity contribution in [2.45, 2.75) is 53.9 Å². The molecule has 126 valence electrons. The van der Waals surface area contributed by atoms with Gasteiger partial charge in [-0.05, 0) is 56.6 Å². The van der Waals surface area contributed by atoms with Gasteiger partial charge in [0.15, 0.2) is 0 Å². The number of carbonyl (C=O) groups excluding carboxylic acids is 1. The monoisotopic (exact) mass is 314 g/mol. The van der Waals surface area contributed by atoms with Crippen molar-refractivity contribution in [2.75, 3.05) is 7.11 Å². The normalized spacial score (nSPS) is 19.7. The molecule has 23 heavy (non-hydrogen) atoms. The molecule has 0 radical (unpaired) electrons. The largest absolute Gasteiger partial charge is 0.466 e. The lowest BCUT2D eigenvalue weighted by atomic mass is 9.72. The first-order valence-corrected chi connectivity index (χ1v) is 8.26. The van der Waals surface area contributed by atoms with Crippen LogP contribution in [0.25, 0.3) is 0 Å². The van der Waals surface area contributed by atoms with Gasteiger partial charge in [0.25, 0.3) is 0 Å². The van der Waals surface area contributed by atoms with Crippen molar-refractivity contribution in [1.29, 1.82) is 0 Å². The molecular weight excluding hydrogens is 284 g/mol. The Labute approximate surface area is 141 Å². The van der Waals surface area contributed by atoms with Gasteiger partial charge in [-0.25, -0.2) is 4.79 Å². The second-order valence-electron chi connectivity index (χ2n) is 6.95. The Morgan fingerprint density at radius 2 is 1.87 bits per heavy atom. The van der Waals surface area contributed by atoms with Crippen molar-refractivity contribution in [3.8, 4) is 0 Å². The Morgan fingerprint density at radius 1 is 1.17 bits per heavy atom. The van der Waals surface area contributed by atoms with E-state index in [1.165, 1.54) is 49.2 Å². The number of esters is 1. The fourth-order valence-electron chi connectivity index (χ4n) is 2.93. The Hall–Kier alpha value is -1.83. The van der Waals surface area contributed by atoms with E-state index < -0.39 is 0 Å². The molecule has 1 aliphatic carbocycles. The number of hydrogen-bond donors (Lipinski definition) is 0. The summed E-state index contributed by atoms with van der Waals surface area (Å²) < 4.78 is 4.60. The zero-order valence-electron chi connectivity index (χ0n) is 15.4. The zero-order chi connectivity index (χ0) is 17.5. The molecule has 0 aromatic rings. The van der Waals surface area contributed by atoms with Crippen LogP contribution in [-0.4, -0.2) is 13.1 Å². The van der Waals surface area contributed by atoms with Crippen molar-refractivity contribution in [3.63, 3.8) is 0 Å². The third-order valence-electron chi connectivity index (χ3n) is 4.32. The van der Waals surface area contributed by atoms with Gasteiger partial charge in [-0.1, -0.05) is 55.4 Å². The lowest BCUT2D eigenvalue weighted by Crippen LogP contribution is -2.19. The van der Waals surface area contributed by atoms with E-state index >= 15 is 0 Å². The lowest BCUT2D eigenvalue weighted by Gasteiger charge is -2.32. The van der Waals surface area contributed by atoms with Gasteiger partial charge >= 0.3 is 5.97 Å². The van der Waals surface area contributed by atoms with E-state index in [2.05, 4.69) is 50.7 Å². The fourth-order valence-corrected chi connectivity index (χ4v) is 2.93. The molecule has 0 unspecified atom stereocenters. The number of carbonyl (C=O) groups is 1. The van der Waals surface area contributed by atoms with Crippen LogP contribution in [0, 0.1) is 5.41 Å². The number of ether oxygens (including phenoxy) is 1. The SMILES string of the molecule is COC(=O)C=C(C)C=C/C=C(/C)C=CC1=C(C)CCCC1(C)C. The summed E-state index contributed by atoms with van der Waals surface area (Å²) in [5.74, 6) is -0.324. The molecule has 2 nitrogen and oxygen atoms in total. The van der Waals surface area contributed by atoms with Crippen molar-refractivity contribution in [1.82, 2.24) is 0 Å². The summed E-state index contributed by atoms with van der Waals surface area (Å²) in [5, 5.41) is 0. The van der Waals surface area contributed by atoms with Gasteiger partial charge in [-0.2, -0.15) is 0 Å². The molecule has 0 heterocycles. The zero-order valence-corrected chi connectivity index (χ0v) is 15.4.